The van der Waals surface area contributed by atoms with Gasteiger partial charge in [0.1, 0.15) is 17.1 Å². The Labute approximate surface area is 158 Å². The van der Waals surface area contributed by atoms with E-state index in [1.165, 1.54) is 0 Å². The first-order chi connectivity index (χ1) is 13.1. The predicted octanol–water partition coefficient (Wildman–Crippen LogP) is 0.981. The fraction of sp³-hybridized carbons (Fsp3) is 0.450. The van der Waals surface area contributed by atoms with Gasteiger partial charge in [0.2, 0.25) is 0 Å². The Morgan fingerprint density at radius 1 is 1.11 bits per heavy atom. The van der Waals surface area contributed by atoms with E-state index in [1.54, 1.807) is 7.11 Å². The molecule has 0 spiro atoms. The van der Waals surface area contributed by atoms with Crippen LogP contribution in [0.15, 0.2) is 33.9 Å². The third-order valence-corrected chi connectivity index (χ3v) is 4.99. The molecule has 2 aromatic carbocycles. The fourth-order valence-corrected chi connectivity index (χ4v) is 3.37. The molecule has 1 fully saturated rings. The van der Waals surface area contributed by atoms with Crippen LogP contribution >= 0.6 is 0 Å². The van der Waals surface area contributed by atoms with Crippen molar-refractivity contribution in [1.82, 2.24) is 4.90 Å². The summed E-state index contributed by atoms with van der Waals surface area (Å²) in [5.41, 5.74) is 1.28. The predicted molar refractivity (Wildman–Crippen MR) is 105 cm³/mol. The van der Waals surface area contributed by atoms with Gasteiger partial charge in [-0.2, -0.15) is 5.26 Å². The molecular weight excluding hydrogens is 344 g/mol. The summed E-state index contributed by atoms with van der Waals surface area (Å²) in [5.74, 6) is 0.811. The Bertz CT molecular complexity index is 870. The van der Waals surface area contributed by atoms with E-state index in [9.17, 15) is 9.59 Å². The molecule has 0 aromatic heterocycles. The van der Waals surface area contributed by atoms with Crippen molar-refractivity contribution >= 4 is 11.4 Å². The molecule has 1 aliphatic rings. The molecular formula is C20H24N4O3. The molecule has 1 saturated heterocycles. The highest BCUT2D eigenvalue weighted by Crippen LogP contribution is 2.22. The van der Waals surface area contributed by atoms with Gasteiger partial charge in [-0.3, -0.25) is 14.5 Å². The van der Waals surface area contributed by atoms with Crippen LogP contribution in [0.5, 0.6) is 5.75 Å². The highest BCUT2D eigenvalue weighted by Gasteiger charge is 2.28. The van der Waals surface area contributed by atoms with Crippen LogP contribution in [0.1, 0.15) is 12.0 Å². The first-order valence-electron chi connectivity index (χ1n) is 9.18. The lowest BCUT2D eigenvalue weighted by Crippen LogP contribution is -2.51. The second kappa shape index (κ2) is 8.69. The monoisotopic (exact) mass is 368 g/mol. The van der Waals surface area contributed by atoms with Gasteiger partial charge in [-0.25, -0.2) is 0 Å². The van der Waals surface area contributed by atoms with Crippen molar-refractivity contribution in [3.63, 3.8) is 0 Å². The molecule has 7 heteroatoms. The van der Waals surface area contributed by atoms with Crippen LogP contribution in [0.2, 0.25) is 0 Å². The van der Waals surface area contributed by atoms with Crippen LogP contribution in [0.4, 0.5) is 11.4 Å². The Hall–Kier alpha value is -2.85. The quantitative estimate of drug-likeness (QED) is 0.695. The van der Waals surface area contributed by atoms with Crippen molar-refractivity contribution in [2.24, 2.45) is 0 Å². The third-order valence-electron chi connectivity index (χ3n) is 4.99. The fourth-order valence-electron chi connectivity index (χ4n) is 3.37. The maximum absolute atomic E-state index is 12.1. The zero-order valence-electron chi connectivity index (χ0n) is 15.5. The molecule has 0 bridgehead atoms. The normalized spacial score (nSPS) is 14.9. The van der Waals surface area contributed by atoms with Crippen molar-refractivity contribution in [1.29, 1.82) is 5.26 Å². The van der Waals surface area contributed by atoms with Crippen LogP contribution in [0.3, 0.4) is 0 Å². The minimum atomic E-state index is -0.424. The summed E-state index contributed by atoms with van der Waals surface area (Å²) in [6.07, 6.45) is 1.27. The van der Waals surface area contributed by atoms with Crippen molar-refractivity contribution in [2.75, 3.05) is 56.6 Å². The highest BCUT2D eigenvalue weighted by atomic mass is 16.5. The molecule has 0 aliphatic carbocycles. The number of anilines is 2. The Morgan fingerprint density at radius 2 is 1.81 bits per heavy atom. The van der Waals surface area contributed by atoms with Crippen molar-refractivity contribution < 1.29 is 4.74 Å². The van der Waals surface area contributed by atoms with E-state index in [0.29, 0.717) is 37.4 Å². The van der Waals surface area contributed by atoms with E-state index in [0.717, 1.165) is 37.4 Å². The Balaban J connectivity index is 1.55. The van der Waals surface area contributed by atoms with E-state index in [2.05, 4.69) is 16.3 Å². The maximum Gasteiger partial charge on any atom is 0.253 e. The largest absolute Gasteiger partial charge is 0.497 e. The molecule has 0 radical (unpaired) electrons. The lowest BCUT2D eigenvalue weighted by molar-refractivity contribution is 0.263. The number of hydrogen-bond acceptors (Lipinski definition) is 7. The summed E-state index contributed by atoms with van der Waals surface area (Å²) in [7, 11) is 1.63. The van der Waals surface area contributed by atoms with Crippen LogP contribution < -0.4 is 25.8 Å². The smallest absolute Gasteiger partial charge is 0.253 e. The molecule has 1 heterocycles. The number of benzene rings is 1. The minimum Gasteiger partial charge on any atom is -0.497 e. The van der Waals surface area contributed by atoms with Gasteiger partial charge in [-0.05, 0) is 24.1 Å². The molecule has 142 valence electrons. The second-order valence-corrected chi connectivity index (χ2v) is 6.64. The highest BCUT2D eigenvalue weighted by molar-refractivity contribution is 5.75. The lowest BCUT2D eigenvalue weighted by atomic mass is 10.1. The first-order valence-corrected chi connectivity index (χ1v) is 9.18. The van der Waals surface area contributed by atoms with Crippen molar-refractivity contribution in [3.05, 3.63) is 50.3 Å². The van der Waals surface area contributed by atoms with Gasteiger partial charge in [-0.15, -0.1) is 0 Å². The summed E-state index contributed by atoms with van der Waals surface area (Å²) >= 11 is 0. The molecule has 0 unspecified atom stereocenters. The van der Waals surface area contributed by atoms with Gasteiger partial charge in [0, 0.05) is 45.7 Å². The molecule has 27 heavy (non-hydrogen) atoms. The van der Waals surface area contributed by atoms with Crippen molar-refractivity contribution in [3.8, 4) is 11.8 Å². The van der Waals surface area contributed by atoms with Gasteiger partial charge >= 0.3 is 0 Å². The van der Waals surface area contributed by atoms with Gasteiger partial charge < -0.3 is 15.0 Å². The van der Waals surface area contributed by atoms with Crippen LogP contribution in [0, 0.1) is 11.3 Å². The molecule has 1 aliphatic heterocycles. The summed E-state index contributed by atoms with van der Waals surface area (Å²) in [5, 5.41) is 11.8. The Kier molecular flexibility index (Phi) is 6.09. The van der Waals surface area contributed by atoms with Gasteiger partial charge in [-0.1, -0.05) is 12.1 Å². The van der Waals surface area contributed by atoms with Crippen molar-refractivity contribution in [2.45, 2.75) is 12.8 Å². The van der Waals surface area contributed by atoms with E-state index >= 15 is 0 Å². The third kappa shape index (κ3) is 4.29. The lowest BCUT2D eigenvalue weighted by Gasteiger charge is -2.36. The average Bonchev–Trinajstić information content (AvgIpc) is 2.72. The molecule has 2 aromatic rings. The number of methoxy groups -OCH3 is 1. The van der Waals surface area contributed by atoms with E-state index < -0.39 is 10.9 Å². The standard InChI is InChI=1S/C20H24N4O3/c1-27-16-5-3-15(4-6-16)7-9-22-17-18(20(26)19(17)25)24-13-11-23(12-14-24)10-2-8-21/h3-6,22H,2,7,9-14H2,1H3. The van der Waals surface area contributed by atoms with Gasteiger partial charge in [0.15, 0.2) is 0 Å². The van der Waals surface area contributed by atoms with Crippen LogP contribution in [-0.2, 0) is 6.42 Å². The second-order valence-electron chi connectivity index (χ2n) is 6.64. The summed E-state index contributed by atoms with van der Waals surface area (Å²) in [6, 6.07) is 9.95. The minimum absolute atomic E-state index is 0.396. The van der Waals surface area contributed by atoms with E-state index in [-0.39, 0.29) is 0 Å². The van der Waals surface area contributed by atoms with Gasteiger partial charge in [0.25, 0.3) is 10.9 Å². The van der Waals surface area contributed by atoms with E-state index in [1.807, 2.05) is 29.2 Å². The zero-order valence-corrected chi connectivity index (χ0v) is 15.5. The molecule has 0 amide bonds. The number of nitrogens with one attached hydrogen (secondary N) is 1. The number of rotatable bonds is 8. The number of hydrogen-bond donors (Lipinski definition) is 1. The molecule has 1 N–H and O–H groups in total. The topological polar surface area (TPSA) is 85.7 Å². The maximum atomic E-state index is 12.1. The summed E-state index contributed by atoms with van der Waals surface area (Å²) in [4.78, 5) is 28.3. The molecule has 3 rings (SSSR count). The Morgan fingerprint density at radius 3 is 2.44 bits per heavy atom. The number of nitriles is 1. The van der Waals surface area contributed by atoms with Gasteiger partial charge in [0.05, 0.1) is 13.2 Å². The van der Waals surface area contributed by atoms with Crippen LogP contribution in [0.25, 0.3) is 0 Å². The number of nitrogens with zero attached hydrogens (tertiary/aromatic N) is 3. The first kappa shape index (κ1) is 18.9. The summed E-state index contributed by atoms with van der Waals surface area (Å²) < 4.78 is 5.14. The molecule has 0 saturated carbocycles. The van der Waals surface area contributed by atoms with E-state index in [4.69, 9.17) is 10.00 Å². The SMILES string of the molecule is COc1ccc(CCNc2c(N3CCN(CCC#N)CC3)c(=O)c2=O)cc1. The number of ether oxygens (including phenoxy) is 1. The average molecular weight is 368 g/mol. The summed E-state index contributed by atoms with van der Waals surface area (Å²) in [6.45, 7) is 4.33. The number of piperazine rings is 1. The molecule has 0 atom stereocenters. The molecule has 7 nitrogen and oxygen atoms in total. The zero-order chi connectivity index (χ0) is 19.2. The van der Waals surface area contributed by atoms with Crippen LogP contribution in [-0.4, -0.2) is 51.3 Å².